The van der Waals surface area contributed by atoms with Crippen LogP contribution >= 0.6 is 0 Å². The molecule has 0 aromatic heterocycles. The van der Waals surface area contributed by atoms with Crippen molar-refractivity contribution in [2.75, 3.05) is 0 Å². The molecule has 12 heavy (non-hydrogen) atoms. The Morgan fingerprint density at radius 3 is 2.67 bits per heavy atom. The predicted molar refractivity (Wildman–Crippen MR) is 45.1 cm³/mol. The molecule has 1 aliphatic rings. The molecule has 1 fully saturated rings. The molecule has 1 atom stereocenters. The molecule has 0 heterocycles. The zero-order valence-corrected chi connectivity index (χ0v) is 7.38. The Morgan fingerprint density at radius 1 is 1.58 bits per heavy atom. The van der Waals surface area contributed by atoms with Crippen LogP contribution < -0.4 is 11.2 Å². The van der Waals surface area contributed by atoms with Crippen molar-refractivity contribution < 1.29 is 9.63 Å². The van der Waals surface area contributed by atoms with Gasteiger partial charge < -0.3 is 5.73 Å². The van der Waals surface area contributed by atoms with E-state index in [1.165, 1.54) is 12.8 Å². The molecule has 0 aliphatic heterocycles. The second kappa shape index (κ2) is 4.42. The van der Waals surface area contributed by atoms with Gasteiger partial charge in [-0.05, 0) is 19.8 Å². The van der Waals surface area contributed by atoms with E-state index >= 15 is 0 Å². The maximum Gasteiger partial charge on any atom is 0.236 e. The summed E-state index contributed by atoms with van der Waals surface area (Å²) in [5.74, 6) is -0.381. The second-order valence-electron chi connectivity index (χ2n) is 3.27. The van der Waals surface area contributed by atoms with Gasteiger partial charge in [0.2, 0.25) is 5.91 Å². The molecule has 3 N–H and O–H groups in total. The first kappa shape index (κ1) is 9.48. The molecule has 0 bridgehead atoms. The van der Waals surface area contributed by atoms with Crippen molar-refractivity contribution in [1.82, 2.24) is 5.48 Å². The number of carbonyl (C=O) groups excluding carboxylic acids is 1. The fourth-order valence-electron chi connectivity index (χ4n) is 1.26. The summed E-state index contributed by atoms with van der Waals surface area (Å²) in [5, 5.41) is 0. The summed E-state index contributed by atoms with van der Waals surface area (Å²) in [5.41, 5.74) is 7.69. The van der Waals surface area contributed by atoms with Gasteiger partial charge in [-0.25, -0.2) is 0 Å². The highest BCUT2D eigenvalue weighted by molar-refractivity contribution is 5.79. The summed E-state index contributed by atoms with van der Waals surface area (Å²) in [6.07, 6.45) is 4.87. The van der Waals surface area contributed by atoms with Gasteiger partial charge in [0.25, 0.3) is 0 Å². The number of primary amides is 1. The molecule has 4 heteroatoms. The van der Waals surface area contributed by atoms with Gasteiger partial charge in [-0.2, -0.15) is 5.48 Å². The number of hydroxylamine groups is 1. The average molecular weight is 172 g/mol. The Labute approximate surface area is 72.4 Å². The number of hydrogen-bond acceptors (Lipinski definition) is 3. The van der Waals surface area contributed by atoms with E-state index < -0.39 is 6.04 Å². The lowest BCUT2D eigenvalue weighted by molar-refractivity contribution is -0.125. The number of carbonyl (C=O) groups is 1. The van der Waals surface area contributed by atoms with Crippen LogP contribution in [0.5, 0.6) is 0 Å². The molecule has 1 rings (SSSR count). The van der Waals surface area contributed by atoms with Crippen molar-refractivity contribution in [1.29, 1.82) is 0 Å². The Balaban J connectivity index is 2.11. The number of rotatable bonds is 4. The van der Waals surface area contributed by atoms with E-state index in [0.717, 1.165) is 12.8 Å². The molecule has 0 spiro atoms. The van der Waals surface area contributed by atoms with Crippen molar-refractivity contribution >= 4 is 5.91 Å². The molecule has 1 unspecified atom stereocenters. The quantitative estimate of drug-likeness (QED) is 0.600. The fourth-order valence-corrected chi connectivity index (χ4v) is 1.26. The third-order valence-corrected chi connectivity index (χ3v) is 2.14. The maximum atomic E-state index is 10.6. The van der Waals surface area contributed by atoms with Crippen LogP contribution in [0.4, 0.5) is 0 Å². The van der Waals surface area contributed by atoms with Crippen LogP contribution in [0, 0.1) is 0 Å². The number of hydrogen-bond donors (Lipinski definition) is 2. The average Bonchev–Trinajstić information content (AvgIpc) is 2.51. The summed E-state index contributed by atoms with van der Waals surface area (Å²) >= 11 is 0. The van der Waals surface area contributed by atoms with Gasteiger partial charge in [0.15, 0.2) is 0 Å². The first-order valence-electron chi connectivity index (χ1n) is 4.40. The van der Waals surface area contributed by atoms with E-state index in [2.05, 4.69) is 5.48 Å². The summed E-state index contributed by atoms with van der Waals surface area (Å²) in [6, 6.07) is -0.398. The largest absolute Gasteiger partial charge is 0.368 e. The number of amides is 1. The molecular formula is C8H16N2O2. The smallest absolute Gasteiger partial charge is 0.236 e. The summed E-state index contributed by atoms with van der Waals surface area (Å²) in [6.45, 7) is 1.69. The lowest BCUT2D eigenvalue weighted by Crippen LogP contribution is -2.40. The zero-order valence-electron chi connectivity index (χ0n) is 7.38. The van der Waals surface area contributed by atoms with Gasteiger partial charge in [-0.1, -0.05) is 12.8 Å². The number of nitrogens with two attached hydrogens (primary N) is 1. The van der Waals surface area contributed by atoms with Crippen molar-refractivity contribution in [3.05, 3.63) is 0 Å². The Bertz CT molecular complexity index is 155. The molecule has 0 radical (unpaired) electrons. The van der Waals surface area contributed by atoms with Crippen LogP contribution in [0.1, 0.15) is 32.6 Å². The first-order chi connectivity index (χ1) is 5.70. The Morgan fingerprint density at radius 2 is 2.17 bits per heavy atom. The Hall–Kier alpha value is -0.610. The maximum absolute atomic E-state index is 10.6. The molecule has 4 nitrogen and oxygen atoms in total. The Kier molecular flexibility index (Phi) is 3.49. The normalized spacial score (nSPS) is 21.1. The zero-order chi connectivity index (χ0) is 8.97. The minimum absolute atomic E-state index is 0.270. The van der Waals surface area contributed by atoms with E-state index in [9.17, 15) is 4.79 Å². The van der Waals surface area contributed by atoms with Gasteiger partial charge in [0.1, 0.15) is 6.04 Å². The minimum Gasteiger partial charge on any atom is -0.368 e. The molecule has 0 aromatic carbocycles. The first-order valence-corrected chi connectivity index (χ1v) is 4.40. The van der Waals surface area contributed by atoms with E-state index in [-0.39, 0.29) is 12.0 Å². The van der Waals surface area contributed by atoms with Gasteiger partial charge >= 0.3 is 0 Å². The van der Waals surface area contributed by atoms with Crippen LogP contribution in [0.15, 0.2) is 0 Å². The SMILES string of the molecule is CC(NOC1CCCC1)C(N)=O. The van der Waals surface area contributed by atoms with Gasteiger partial charge in [-0.3, -0.25) is 9.63 Å². The molecule has 1 amide bonds. The lowest BCUT2D eigenvalue weighted by atomic mass is 10.3. The fraction of sp³-hybridized carbons (Fsp3) is 0.875. The lowest BCUT2D eigenvalue weighted by Gasteiger charge is -2.14. The van der Waals surface area contributed by atoms with Gasteiger partial charge in [0, 0.05) is 0 Å². The van der Waals surface area contributed by atoms with E-state index in [1.54, 1.807) is 6.92 Å². The predicted octanol–water partition coefficient (Wildman–Crippen LogP) is 0.324. The summed E-state index contributed by atoms with van der Waals surface area (Å²) in [4.78, 5) is 15.9. The molecule has 0 saturated heterocycles. The van der Waals surface area contributed by atoms with Gasteiger partial charge in [0.05, 0.1) is 6.10 Å². The summed E-state index contributed by atoms with van der Waals surface area (Å²) in [7, 11) is 0. The van der Waals surface area contributed by atoms with Crippen LogP contribution in [-0.2, 0) is 9.63 Å². The second-order valence-corrected chi connectivity index (χ2v) is 3.27. The van der Waals surface area contributed by atoms with Gasteiger partial charge in [-0.15, -0.1) is 0 Å². The van der Waals surface area contributed by atoms with Crippen LogP contribution in [-0.4, -0.2) is 18.1 Å². The molecule has 0 aromatic rings. The van der Waals surface area contributed by atoms with Crippen molar-refractivity contribution in [3.8, 4) is 0 Å². The number of nitrogens with one attached hydrogen (secondary N) is 1. The van der Waals surface area contributed by atoms with Crippen LogP contribution in [0.25, 0.3) is 0 Å². The van der Waals surface area contributed by atoms with Crippen molar-refractivity contribution in [2.45, 2.75) is 44.8 Å². The highest BCUT2D eigenvalue weighted by atomic mass is 16.7. The van der Waals surface area contributed by atoms with E-state index in [4.69, 9.17) is 10.6 Å². The highest BCUT2D eigenvalue weighted by Gasteiger charge is 2.17. The minimum atomic E-state index is -0.398. The van der Waals surface area contributed by atoms with Crippen molar-refractivity contribution in [2.24, 2.45) is 5.73 Å². The van der Waals surface area contributed by atoms with E-state index in [1.807, 2.05) is 0 Å². The third-order valence-electron chi connectivity index (χ3n) is 2.14. The highest BCUT2D eigenvalue weighted by Crippen LogP contribution is 2.19. The molecule has 1 saturated carbocycles. The molecular weight excluding hydrogens is 156 g/mol. The van der Waals surface area contributed by atoms with Crippen molar-refractivity contribution in [3.63, 3.8) is 0 Å². The monoisotopic (exact) mass is 172 g/mol. The van der Waals surface area contributed by atoms with E-state index in [0.29, 0.717) is 0 Å². The topological polar surface area (TPSA) is 64.3 Å². The molecule has 1 aliphatic carbocycles. The van der Waals surface area contributed by atoms with Crippen LogP contribution in [0.2, 0.25) is 0 Å². The standard InChI is InChI=1S/C8H16N2O2/c1-6(8(9)11)10-12-7-4-2-3-5-7/h6-7,10H,2-5H2,1H3,(H2,9,11). The third kappa shape index (κ3) is 2.79. The summed E-state index contributed by atoms with van der Waals surface area (Å²) < 4.78 is 0. The van der Waals surface area contributed by atoms with Crippen LogP contribution in [0.3, 0.4) is 0 Å². The molecule has 70 valence electrons.